The summed E-state index contributed by atoms with van der Waals surface area (Å²) in [6.07, 6.45) is 2.68. The topological polar surface area (TPSA) is 168 Å². The van der Waals surface area contributed by atoms with Gasteiger partial charge in [0.2, 0.25) is 16.0 Å². The summed E-state index contributed by atoms with van der Waals surface area (Å²) in [5.41, 5.74) is 5.64. The number of rotatable bonds is 9. The van der Waals surface area contributed by atoms with E-state index < -0.39 is 11.5 Å². The van der Waals surface area contributed by atoms with Crippen molar-refractivity contribution in [3.63, 3.8) is 0 Å². The molecule has 2 aromatic rings. The summed E-state index contributed by atoms with van der Waals surface area (Å²) in [5, 5.41) is 23.7. The molecule has 144 valence electrons. The van der Waals surface area contributed by atoms with E-state index in [2.05, 4.69) is 26.1 Å². The average Bonchev–Trinajstić information content (AvgIpc) is 3.06. The zero-order valence-corrected chi connectivity index (χ0v) is 15.5. The third kappa shape index (κ3) is 5.36. The lowest BCUT2D eigenvalue weighted by Crippen LogP contribution is -2.19. The van der Waals surface area contributed by atoms with E-state index in [1.165, 1.54) is 13.2 Å². The van der Waals surface area contributed by atoms with Crippen molar-refractivity contribution in [3.8, 4) is 5.75 Å². The minimum Gasteiger partial charge on any atom is -0.488 e. The number of aromatic nitrogens is 2. The molecule has 0 aliphatic heterocycles. The first-order valence-electron chi connectivity index (χ1n) is 7.73. The zero-order chi connectivity index (χ0) is 19.8. The standard InChI is InChI=1S/C15H19N7O4S/c1-8(3-4-16)19-14-21-22-15(27-14)20-12(23)10-7-9(18-6-5-17)11(25-2)13(24)26-10/h3-4,7,16,18H,5-6,17H2,1-2H3,(H,19,21)(H,20,22,23)/b8-3-,16-4?. The van der Waals surface area contributed by atoms with E-state index in [1.54, 1.807) is 13.0 Å². The number of anilines is 3. The van der Waals surface area contributed by atoms with Crippen LogP contribution in [-0.4, -0.2) is 42.5 Å². The third-order valence-corrected chi connectivity index (χ3v) is 3.83. The Morgan fingerprint density at radius 3 is 2.74 bits per heavy atom. The normalized spacial score (nSPS) is 11.0. The molecule has 0 aliphatic carbocycles. The molecule has 0 saturated heterocycles. The van der Waals surface area contributed by atoms with Gasteiger partial charge in [-0.3, -0.25) is 10.1 Å². The Kier molecular flexibility index (Phi) is 7.02. The maximum absolute atomic E-state index is 12.4. The van der Waals surface area contributed by atoms with Gasteiger partial charge in [0.05, 0.1) is 12.8 Å². The van der Waals surface area contributed by atoms with E-state index in [1.807, 2.05) is 0 Å². The second-order valence-electron chi connectivity index (χ2n) is 5.07. The molecule has 0 unspecified atom stereocenters. The van der Waals surface area contributed by atoms with Crippen LogP contribution < -0.4 is 32.0 Å². The molecule has 2 rings (SSSR count). The Bertz CT molecular complexity index is 906. The highest BCUT2D eigenvalue weighted by molar-refractivity contribution is 7.19. The van der Waals surface area contributed by atoms with Gasteiger partial charge in [0, 0.05) is 31.1 Å². The summed E-state index contributed by atoms with van der Waals surface area (Å²) >= 11 is 1.08. The molecule has 6 N–H and O–H groups in total. The first-order valence-corrected chi connectivity index (χ1v) is 8.55. The van der Waals surface area contributed by atoms with Crippen LogP contribution in [0.15, 0.2) is 27.1 Å². The fourth-order valence-electron chi connectivity index (χ4n) is 1.94. The van der Waals surface area contributed by atoms with Crippen LogP contribution in [0.5, 0.6) is 5.75 Å². The zero-order valence-electron chi connectivity index (χ0n) is 14.7. The van der Waals surface area contributed by atoms with Crippen LogP contribution >= 0.6 is 11.3 Å². The Balaban J connectivity index is 2.17. The molecular weight excluding hydrogens is 374 g/mol. The van der Waals surface area contributed by atoms with Crippen molar-refractivity contribution in [2.75, 3.05) is 36.1 Å². The van der Waals surface area contributed by atoms with Crippen LogP contribution in [0.3, 0.4) is 0 Å². The first kappa shape index (κ1) is 20.1. The summed E-state index contributed by atoms with van der Waals surface area (Å²) in [6, 6.07) is 1.35. The fraction of sp³-hybridized carbons (Fsp3) is 0.267. The molecule has 0 bridgehead atoms. The van der Waals surface area contributed by atoms with Crippen molar-refractivity contribution in [3.05, 3.63) is 34.0 Å². The highest BCUT2D eigenvalue weighted by atomic mass is 32.1. The predicted octanol–water partition coefficient (Wildman–Crippen LogP) is 1.09. The molecule has 0 atom stereocenters. The Hall–Kier alpha value is -3.25. The monoisotopic (exact) mass is 393 g/mol. The van der Waals surface area contributed by atoms with Gasteiger partial charge >= 0.3 is 5.63 Å². The maximum Gasteiger partial charge on any atom is 0.381 e. The van der Waals surface area contributed by atoms with E-state index in [9.17, 15) is 9.59 Å². The summed E-state index contributed by atoms with van der Waals surface area (Å²) < 4.78 is 10.00. The maximum atomic E-state index is 12.4. The molecule has 0 spiro atoms. The van der Waals surface area contributed by atoms with E-state index in [0.29, 0.717) is 29.6 Å². The smallest absolute Gasteiger partial charge is 0.381 e. The summed E-state index contributed by atoms with van der Waals surface area (Å²) in [6.45, 7) is 2.47. The van der Waals surface area contributed by atoms with Gasteiger partial charge in [-0.05, 0) is 13.0 Å². The Morgan fingerprint density at radius 2 is 2.11 bits per heavy atom. The van der Waals surface area contributed by atoms with Crippen LogP contribution in [0.2, 0.25) is 0 Å². The number of amides is 1. The van der Waals surface area contributed by atoms with Crippen LogP contribution in [0.1, 0.15) is 17.5 Å². The van der Waals surface area contributed by atoms with E-state index in [0.717, 1.165) is 17.6 Å². The molecule has 27 heavy (non-hydrogen) atoms. The van der Waals surface area contributed by atoms with Crippen molar-refractivity contribution in [2.45, 2.75) is 6.92 Å². The number of allylic oxidation sites excluding steroid dienone is 2. The van der Waals surface area contributed by atoms with Gasteiger partial charge in [-0.25, -0.2) is 4.79 Å². The van der Waals surface area contributed by atoms with Gasteiger partial charge in [0.25, 0.3) is 5.91 Å². The molecular formula is C15H19N7O4S. The average molecular weight is 393 g/mol. The van der Waals surface area contributed by atoms with Crippen molar-refractivity contribution in [2.24, 2.45) is 5.73 Å². The van der Waals surface area contributed by atoms with Crippen LogP contribution in [0.25, 0.3) is 0 Å². The number of nitrogens with one attached hydrogen (secondary N) is 4. The number of nitrogens with zero attached hydrogens (tertiary/aromatic N) is 2. The quantitative estimate of drug-likeness (QED) is 0.391. The molecule has 0 saturated carbocycles. The minimum absolute atomic E-state index is 0.0455. The molecule has 11 nitrogen and oxygen atoms in total. The number of hydrogen-bond donors (Lipinski definition) is 5. The lowest BCUT2D eigenvalue weighted by molar-refractivity contribution is 0.0991. The third-order valence-electron chi connectivity index (χ3n) is 3.08. The fourth-order valence-corrected chi connectivity index (χ4v) is 2.65. The lowest BCUT2D eigenvalue weighted by Gasteiger charge is -2.10. The van der Waals surface area contributed by atoms with Crippen LogP contribution in [0, 0.1) is 5.41 Å². The number of nitrogens with two attached hydrogens (primary N) is 1. The van der Waals surface area contributed by atoms with Gasteiger partial charge in [0.15, 0.2) is 5.76 Å². The molecule has 2 heterocycles. The van der Waals surface area contributed by atoms with E-state index >= 15 is 0 Å². The van der Waals surface area contributed by atoms with Crippen LogP contribution in [-0.2, 0) is 0 Å². The summed E-state index contributed by atoms with van der Waals surface area (Å²) in [7, 11) is 1.32. The molecule has 0 radical (unpaired) electrons. The van der Waals surface area contributed by atoms with Gasteiger partial charge in [-0.15, -0.1) is 10.2 Å². The SMILES string of the molecule is COc1c(NCCN)cc(C(=O)Nc2nnc(N/C(C)=C\C=N)s2)oc1=O. The molecule has 12 heteroatoms. The highest BCUT2D eigenvalue weighted by Crippen LogP contribution is 2.24. The predicted molar refractivity (Wildman–Crippen MR) is 103 cm³/mol. The number of carbonyl (C=O) groups excluding carboxylic acids is 1. The molecule has 0 aliphatic rings. The second-order valence-corrected chi connectivity index (χ2v) is 6.05. The van der Waals surface area contributed by atoms with Crippen molar-refractivity contribution < 1.29 is 13.9 Å². The van der Waals surface area contributed by atoms with Gasteiger partial charge < -0.3 is 30.9 Å². The first-order chi connectivity index (χ1) is 13.0. The molecule has 2 aromatic heterocycles. The van der Waals surface area contributed by atoms with Crippen molar-refractivity contribution >= 4 is 39.4 Å². The summed E-state index contributed by atoms with van der Waals surface area (Å²) in [4.78, 5) is 24.4. The van der Waals surface area contributed by atoms with E-state index in [4.69, 9.17) is 20.3 Å². The van der Waals surface area contributed by atoms with Gasteiger partial charge in [0.1, 0.15) is 0 Å². The Morgan fingerprint density at radius 1 is 1.41 bits per heavy atom. The number of methoxy groups -OCH3 is 1. The number of carbonyl (C=O) groups is 1. The summed E-state index contributed by atoms with van der Waals surface area (Å²) in [5.74, 6) is -0.930. The molecule has 0 fully saturated rings. The lowest BCUT2D eigenvalue weighted by atomic mass is 10.3. The van der Waals surface area contributed by atoms with E-state index in [-0.39, 0.29) is 16.6 Å². The largest absolute Gasteiger partial charge is 0.488 e. The van der Waals surface area contributed by atoms with Crippen molar-refractivity contribution in [1.82, 2.24) is 10.2 Å². The van der Waals surface area contributed by atoms with Gasteiger partial charge in [-0.1, -0.05) is 11.3 Å². The van der Waals surface area contributed by atoms with Crippen LogP contribution in [0.4, 0.5) is 16.0 Å². The van der Waals surface area contributed by atoms with Gasteiger partial charge in [-0.2, -0.15) is 0 Å². The molecule has 1 amide bonds. The number of hydrogen-bond acceptors (Lipinski definition) is 11. The Labute approximate surface area is 158 Å². The van der Waals surface area contributed by atoms with Crippen molar-refractivity contribution in [1.29, 1.82) is 5.41 Å². The highest BCUT2D eigenvalue weighted by Gasteiger charge is 2.18. The molecule has 0 aromatic carbocycles. The number of ether oxygens (including phenoxy) is 1. The minimum atomic E-state index is -0.795. The second kappa shape index (κ2) is 9.45.